The summed E-state index contributed by atoms with van der Waals surface area (Å²) < 4.78 is 0. The third-order valence-corrected chi connectivity index (χ3v) is 3.05. The van der Waals surface area contributed by atoms with E-state index in [1.807, 2.05) is 0 Å². The Hall–Kier alpha value is -0.580. The number of halogens is 1. The van der Waals surface area contributed by atoms with E-state index in [1.165, 1.54) is 0 Å². The van der Waals surface area contributed by atoms with Gasteiger partial charge >= 0.3 is 0 Å². The second-order valence-corrected chi connectivity index (χ2v) is 3.92. The maximum absolute atomic E-state index is 11.2. The summed E-state index contributed by atoms with van der Waals surface area (Å²) in [5.41, 5.74) is 5.12. The number of nitrogens with two attached hydrogens (primary N) is 1. The van der Waals surface area contributed by atoms with Crippen LogP contribution < -0.4 is 5.73 Å². The maximum Gasteiger partial charge on any atom is 0.233 e. The lowest BCUT2D eigenvalue weighted by Crippen LogP contribution is -2.49. The number of nitrogens with zero attached hydrogens (tertiary/aromatic N) is 1. The Morgan fingerprint density at radius 2 is 2.08 bits per heavy atom. The highest BCUT2D eigenvalue weighted by molar-refractivity contribution is 9.09. The molecule has 0 radical (unpaired) electrons. The van der Waals surface area contributed by atoms with Crippen molar-refractivity contribution in [3.63, 3.8) is 0 Å². The third-order valence-electron chi connectivity index (χ3n) is 2.57. The molecule has 0 bridgehead atoms. The van der Waals surface area contributed by atoms with E-state index < -0.39 is 0 Å². The SMILES string of the molecule is CN(C(=O)CBr)C1CC(C(N)=O)C1. The summed E-state index contributed by atoms with van der Waals surface area (Å²) in [6, 6.07) is 0.197. The number of carbonyl (C=O) groups is 2. The fraction of sp³-hybridized carbons (Fsp3) is 0.750. The van der Waals surface area contributed by atoms with Crippen LogP contribution in [0, 0.1) is 5.92 Å². The van der Waals surface area contributed by atoms with Crippen LogP contribution in [0.2, 0.25) is 0 Å². The van der Waals surface area contributed by atoms with Crippen molar-refractivity contribution in [3.8, 4) is 0 Å². The van der Waals surface area contributed by atoms with Crippen LogP contribution in [0.3, 0.4) is 0 Å². The van der Waals surface area contributed by atoms with Gasteiger partial charge in [-0.15, -0.1) is 0 Å². The molecule has 0 aromatic rings. The highest BCUT2D eigenvalue weighted by atomic mass is 79.9. The van der Waals surface area contributed by atoms with Gasteiger partial charge in [-0.2, -0.15) is 0 Å². The molecule has 0 spiro atoms. The van der Waals surface area contributed by atoms with E-state index in [9.17, 15) is 9.59 Å². The first-order valence-corrected chi connectivity index (χ1v) is 5.29. The van der Waals surface area contributed by atoms with Crippen LogP contribution in [0.25, 0.3) is 0 Å². The second-order valence-electron chi connectivity index (χ2n) is 3.36. The maximum atomic E-state index is 11.2. The predicted octanol–water partition coefficient (Wildman–Crippen LogP) is 0.104. The third kappa shape index (κ3) is 2.21. The van der Waals surface area contributed by atoms with E-state index in [0.717, 1.165) is 0 Å². The topological polar surface area (TPSA) is 63.4 Å². The van der Waals surface area contributed by atoms with E-state index in [4.69, 9.17) is 5.73 Å². The molecule has 13 heavy (non-hydrogen) atoms. The van der Waals surface area contributed by atoms with Crippen LogP contribution in [0.15, 0.2) is 0 Å². The monoisotopic (exact) mass is 248 g/mol. The van der Waals surface area contributed by atoms with Crippen molar-refractivity contribution in [2.75, 3.05) is 12.4 Å². The molecule has 0 saturated heterocycles. The Labute approximate surface area is 85.6 Å². The van der Waals surface area contributed by atoms with Gasteiger partial charge in [-0.05, 0) is 12.8 Å². The lowest BCUT2D eigenvalue weighted by Gasteiger charge is -2.39. The van der Waals surface area contributed by atoms with Gasteiger partial charge in [0, 0.05) is 19.0 Å². The molecule has 0 aliphatic heterocycles. The van der Waals surface area contributed by atoms with E-state index in [0.29, 0.717) is 18.2 Å². The highest BCUT2D eigenvalue weighted by Crippen LogP contribution is 2.30. The zero-order valence-electron chi connectivity index (χ0n) is 7.50. The molecule has 1 saturated carbocycles. The molecule has 74 valence electrons. The smallest absolute Gasteiger partial charge is 0.233 e. The Bertz CT molecular complexity index is 226. The average molecular weight is 249 g/mol. The standard InChI is InChI=1S/C8H13BrN2O2/c1-11(7(12)4-9)6-2-5(3-6)8(10)13/h5-6H,2-4H2,1H3,(H2,10,13). The lowest BCUT2D eigenvalue weighted by molar-refractivity contribution is -0.136. The lowest BCUT2D eigenvalue weighted by atomic mass is 9.79. The molecule has 1 rings (SSSR count). The van der Waals surface area contributed by atoms with Crippen molar-refractivity contribution >= 4 is 27.7 Å². The van der Waals surface area contributed by atoms with Gasteiger partial charge in [-0.25, -0.2) is 0 Å². The fourth-order valence-electron chi connectivity index (χ4n) is 1.43. The second kappa shape index (κ2) is 4.09. The van der Waals surface area contributed by atoms with Gasteiger partial charge in [0.05, 0.1) is 5.33 Å². The van der Waals surface area contributed by atoms with E-state index in [1.54, 1.807) is 11.9 Å². The molecule has 2 N–H and O–H groups in total. The van der Waals surface area contributed by atoms with E-state index >= 15 is 0 Å². The summed E-state index contributed by atoms with van der Waals surface area (Å²) in [5.74, 6) is -0.237. The molecule has 0 atom stereocenters. The van der Waals surface area contributed by atoms with Crippen molar-refractivity contribution in [1.82, 2.24) is 4.90 Å². The Kier molecular flexibility index (Phi) is 3.30. The molecule has 0 unspecified atom stereocenters. The quantitative estimate of drug-likeness (QED) is 0.721. The normalized spacial score (nSPS) is 26.3. The Balaban J connectivity index is 2.34. The summed E-state index contributed by atoms with van der Waals surface area (Å²) in [5, 5.41) is 0.335. The molecule has 0 heterocycles. The molecule has 1 aliphatic rings. The molecular weight excluding hydrogens is 236 g/mol. The molecule has 2 amide bonds. The summed E-state index contributed by atoms with van der Waals surface area (Å²) in [6.07, 6.45) is 1.43. The summed E-state index contributed by atoms with van der Waals surface area (Å²) in [7, 11) is 1.76. The number of hydrogen-bond donors (Lipinski definition) is 1. The number of rotatable bonds is 3. The Morgan fingerprint density at radius 3 is 2.46 bits per heavy atom. The molecule has 4 nitrogen and oxygen atoms in total. The fourth-order valence-corrected chi connectivity index (χ4v) is 1.83. The van der Waals surface area contributed by atoms with Gasteiger partial charge in [0.1, 0.15) is 0 Å². The van der Waals surface area contributed by atoms with Crippen molar-refractivity contribution < 1.29 is 9.59 Å². The van der Waals surface area contributed by atoms with Crippen molar-refractivity contribution in [3.05, 3.63) is 0 Å². The van der Waals surface area contributed by atoms with Gasteiger partial charge in [0.2, 0.25) is 11.8 Å². The Morgan fingerprint density at radius 1 is 1.54 bits per heavy atom. The first-order valence-electron chi connectivity index (χ1n) is 4.17. The molecule has 0 aromatic carbocycles. The van der Waals surface area contributed by atoms with Crippen LogP contribution in [0.4, 0.5) is 0 Å². The molecule has 1 aliphatic carbocycles. The van der Waals surface area contributed by atoms with E-state index in [-0.39, 0.29) is 23.8 Å². The van der Waals surface area contributed by atoms with Crippen LogP contribution in [-0.2, 0) is 9.59 Å². The van der Waals surface area contributed by atoms with Gasteiger partial charge < -0.3 is 10.6 Å². The number of amides is 2. The largest absolute Gasteiger partial charge is 0.369 e. The van der Waals surface area contributed by atoms with Crippen molar-refractivity contribution in [2.45, 2.75) is 18.9 Å². The van der Waals surface area contributed by atoms with Gasteiger partial charge in [-0.1, -0.05) is 15.9 Å². The van der Waals surface area contributed by atoms with Crippen molar-refractivity contribution in [1.29, 1.82) is 0 Å². The molecule has 1 fully saturated rings. The highest BCUT2D eigenvalue weighted by Gasteiger charge is 2.36. The number of primary amides is 1. The summed E-state index contributed by atoms with van der Waals surface area (Å²) >= 11 is 3.10. The average Bonchev–Trinajstić information content (AvgIpc) is 1.99. The minimum atomic E-state index is -0.254. The van der Waals surface area contributed by atoms with E-state index in [2.05, 4.69) is 15.9 Å². The first-order chi connectivity index (χ1) is 6.06. The van der Waals surface area contributed by atoms with Crippen LogP contribution in [0.1, 0.15) is 12.8 Å². The molecule has 0 aromatic heterocycles. The number of carbonyl (C=O) groups excluding carboxylic acids is 2. The van der Waals surface area contributed by atoms with Crippen molar-refractivity contribution in [2.24, 2.45) is 11.7 Å². The first kappa shape index (κ1) is 10.5. The van der Waals surface area contributed by atoms with Crippen LogP contribution >= 0.6 is 15.9 Å². The predicted molar refractivity (Wildman–Crippen MR) is 52.3 cm³/mol. The molecular formula is C8H13BrN2O2. The number of alkyl halides is 1. The van der Waals surface area contributed by atoms with Gasteiger partial charge in [0.15, 0.2) is 0 Å². The number of hydrogen-bond acceptors (Lipinski definition) is 2. The van der Waals surface area contributed by atoms with Crippen LogP contribution in [0.5, 0.6) is 0 Å². The minimum absolute atomic E-state index is 0.0319. The zero-order valence-corrected chi connectivity index (χ0v) is 9.08. The summed E-state index contributed by atoms with van der Waals surface area (Å²) in [4.78, 5) is 23.6. The van der Waals surface area contributed by atoms with Crippen LogP contribution in [-0.4, -0.2) is 35.1 Å². The minimum Gasteiger partial charge on any atom is -0.369 e. The molecule has 5 heteroatoms. The summed E-state index contributed by atoms with van der Waals surface area (Å²) in [6.45, 7) is 0. The van der Waals surface area contributed by atoms with Gasteiger partial charge in [-0.3, -0.25) is 9.59 Å². The van der Waals surface area contributed by atoms with Gasteiger partial charge in [0.25, 0.3) is 0 Å². The zero-order chi connectivity index (χ0) is 10.0.